The number of urea groups is 1. The number of anilines is 2. The van der Waals surface area contributed by atoms with E-state index >= 15 is 0 Å². The summed E-state index contributed by atoms with van der Waals surface area (Å²) in [5.41, 5.74) is 5.58. The Bertz CT molecular complexity index is 1190. The monoisotopic (exact) mass is 461 g/mol. The first-order valence-electron chi connectivity index (χ1n) is 11.6. The van der Waals surface area contributed by atoms with Gasteiger partial charge in [-0.1, -0.05) is 45.0 Å². The molecule has 2 N–H and O–H groups in total. The highest BCUT2D eigenvalue weighted by Crippen LogP contribution is 2.27. The van der Waals surface area contributed by atoms with Crippen LogP contribution in [0.1, 0.15) is 50.1 Å². The summed E-state index contributed by atoms with van der Waals surface area (Å²) in [6.07, 6.45) is 0. The van der Waals surface area contributed by atoms with Crippen molar-refractivity contribution in [3.05, 3.63) is 70.9 Å². The minimum absolute atomic E-state index is 0.0724. The topological polar surface area (TPSA) is 79.3 Å². The molecule has 0 radical (unpaired) electrons. The third-order valence-electron chi connectivity index (χ3n) is 5.85. The number of nitrogens with zero attached hydrogens (tertiary/aromatic N) is 3. The van der Waals surface area contributed by atoms with Crippen LogP contribution in [0, 0.1) is 20.8 Å². The maximum Gasteiger partial charge on any atom is 0.322 e. The molecular formula is C27H35N5O2. The van der Waals surface area contributed by atoms with Crippen LogP contribution in [-0.4, -0.2) is 39.7 Å². The number of aromatic nitrogens is 2. The minimum atomic E-state index is -0.316. The summed E-state index contributed by atoms with van der Waals surface area (Å²) in [4.78, 5) is 27.3. The van der Waals surface area contributed by atoms with Gasteiger partial charge in [0.2, 0.25) is 5.91 Å². The minimum Gasteiger partial charge on any atom is -0.315 e. The average Bonchev–Trinajstić information content (AvgIpc) is 3.18. The Balaban J connectivity index is 1.78. The lowest BCUT2D eigenvalue weighted by Gasteiger charge is -2.21. The predicted molar refractivity (Wildman–Crippen MR) is 138 cm³/mol. The van der Waals surface area contributed by atoms with Crippen LogP contribution in [0.15, 0.2) is 48.5 Å². The zero-order valence-electron chi connectivity index (χ0n) is 21.2. The first-order chi connectivity index (χ1) is 16.0. The summed E-state index contributed by atoms with van der Waals surface area (Å²) in [5.74, 6) is 0.294. The van der Waals surface area contributed by atoms with Gasteiger partial charge in [0, 0.05) is 23.7 Å². The van der Waals surface area contributed by atoms with Crippen molar-refractivity contribution in [2.24, 2.45) is 0 Å². The number of hydrogen-bond donors (Lipinski definition) is 2. The summed E-state index contributed by atoms with van der Waals surface area (Å²) in [6.45, 7) is 14.5. The third kappa shape index (κ3) is 5.84. The second kappa shape index (κ2) is 10.1. The van der Waals surface area contributed by atoms with Crippen molar-refractivity contribution in [3.8, 4) is 5.69 Å². The van der Waals surface area contributed by atoms with Gasteiger partial charge in [-0.25, -0.2) is 9.48 Å². The fourth-order valence-corrected chi connectivity index (χ4v) is 3.53. The second-order valence-electron chi connectivity index (χ2n) is 9.65. The van der Waals surface area contributed by atoms with Crippen LogP contribution in [-0.2, 0) is 10.2 Å². The molecule has 2 aromatic carbocycles. The Morgan fingerprint density at radius 2 is 1.65 bits per heavy atom. The molecule has 3 rings (SSSR count). The van der Waals surface area contributed by atoms with Crippen molar-refractivity contribution in [2.75, 3.05) is 23.7 Å². The summed E-state index contributed by atoms with van der Waals surface area (Å²) in [5, 5.41) is 10.6. The third-order valence-corrected chi connectivity index (χ3v) is 5.85. The number of hydrogen-bond acceptors (Lipinski definition) is 3. The van der Waals surface area contributed by atoms with Crippen LogP contribution >= 0.6 is 0 Å². The van der Waals surface area contributed by atoms with Gasteiger partial charge in [0.25, 0.3) is 0 Å². The van der Waals surface area contributed by atoms with E-state index in [2.05, 4.69) is 31.4 Å². The second-order valence-corrected chi connectivity index (χ2v) is 9.65. The first kappa shape index (κ1) is 25.0. The maximum absolute atomic E-state index is 13.0. The summed E-state index contributed by atoms with van der Waals surface area (Å²) in [6, 6.07) is 15.2. The van der Waals surface area contributed by atoms with E-state index in [9.17, 15) is 9.59 Å². The van der Waals surface area contributed by atoms with Crippen molar-refractivity contribution < 1.29 is 9.59 Å². The lowest BCUT2D eigenvalue weighted by atomic mass is 9.92. The average molecular weight is 462 g/mol. The molecule has 0 aliphatic heterocycles. The molecule has 1 heterocycles. The number of carbonyl (C=O) groups is 2. The van der Waals surface area contributed by atoms with E-state index in [0.29, 0.717) is 18.1 Å². The Kier molecular flexibility index (Phi) is 7.44. The SMILES string of the molecule is CCN(CC(=O)Nc1cc(C(C)(C)C)nn1-c1ccccc1C)C(=O)Nc1ccc(C)c(C)c1. The largest absolute Gasteiger partial charge is 0.322 e. The summed E-state index contributed by atoms with van der Waals surface area (Å²) < 4.78 is 1.76. The molecule has 34 heavy (non-hydrogen) atoms. The van der Waals surface area contributed by atoms with E-state index in [1.165, 1.54) is 4.90 Å². The van der Waals surface area contributed by atoms with Crippen molar-refractivity contribution >= 4 is 23.4 Å². The van der Waals surface area contributed by atoms with Gasteiger partial charge in [0.15, 0.2) is 0 Å². The van der Waals surface area contributed by atoms with Crippen LogP contribution in [0.3, 0.4) is 0 Å². The molecule has 0 fully saturated rings. The highest BCUT2D eigenvalue weighted by atomic mass is 16.2. The van der Waals surface area contributed by atoms with Gasteiger partial charge in [-0.05, 0) is 62.6 Å². The fraction of sp³-hybridized carbons (Fsp3) is 0.370. The number of amides is 3. The van der Waals surface area contributed by atoms with Gasteiger partial charge >= 0.3 is 6.03 Å². The Morgan fingerprint density at radius 1 is 0.941 bits per heavy atom. The lowest BCUT2D eigenvalue weighted by molar-refractivity contribution is -0.116. The number of aryl methyl sites for hydroxylation is 3. The standard InChI is InChI=1S/C27H35N5O2/c1-8-31(26(34)28-21-14-13-18(2)20(4)15-21)17-25(33)29-24-16-23(27(5,6)7)30-32(24)22-12-10-9-11-19(22)3/h9-16H,8,17H2,1-7H3,(H,28,34)(H,29,33). The number of carbonyl (C=O) groups excluding carboxylic acids is 2. The summed E-state index contributed by atoms with van der Waals surface area (Å²) >= 11 is 0. The molecule has 0 saturated carbocycles. The number of benzene rings is 2. The normalized spacial score (nSPS) is 11.3. The fourth-order valence-electron chi connectivity index (χ4n) is 3.53. The molecule has 3 aromatic rings. The van der Waals surface area contributed by atoms with Gasteiger partial charge < -0.3 is 15.5 Å². The molecule has 0 aliphatic rings. The maximum atomic E-state index is 13.0. The van der Waals surface area contributed by atoms with Gasteiger partial charge in [0.1, 0.15) is 12.4 Å². The van der Waals surface area contributed by atoms with Crippen LogP contribution in [0.25, 0.3) is 5.69 Å². The molecule has 3 amide bonds. The van der Waals surface area contributed by atoms with Crippen molar-refractivity contribution in [1.82, 2.24) is 14.7 Å². The smallest absolute Gasteiger partial charge is 0.315 e. The molecule has 180 valence electrons. The zero-order valence-corrected chi connectivity index (χ0v) is 21.2. The van der Waals surface area contributed by atoms with E-state index in [-0.39, 0.29) is 23.9 Å². The van der Waals surface area contributed by atoms with Crippen LogP contribution in [0.2, 0.25) is 0 Å². The zero-order chi connectivity index (χ0) is 25.0. The molecule has 1 aromatic heterocycles. The molecule has 7 nitrogen and oxygen atoms in total. The Labute approximate surface area is 202 Å². The molecule has 0 bridgehead atoms. The van der Waals surface area contributed by atoms with Crippen molar-refractivity contribution in [1.29, 1.82) is 0 Å². The molecule has 0 spiro atoms. The van der Waals surface area contributed by atoms with Crippen LogP contribution < -0.4 is 10.6 Å². The van der Waals surface area contributed by atoms with Gasteiger partial charge in [0.05, 0.1) is 11.4 Å². The van der Waals surface area contributed by atoms with E-state index in [4.69, 9.17) is 5.10 Å². The number of rotatable bonds is 6. The molecule has 7 heteroatoms. The van der Waals surface area contributed by atoms with Crippen LogP contribution in [0.4, 0.5) is 16.3 Å². The van der Waals surface area contributed by atoms with E-state index in [0.717, 1.165) is 28.1 Å². The highest BCUT2D eigenvalue weighted by Gasteiger charge is 2.23. The van der Waals surface area contributed by atoms with Crippen molar-refractivity contribution in [2.45, 2.75) is 53.9 Å². The molecule has 0 atom stereocenters. The van der Waals surface area contributed by atoms with Gasteiger partial charge in [-0.15, -0.1) is 0 Å². The molecular weight excluding hydrogens is 426 g/mol. The first-order valence-corrected chi connectivity index (χ1v) is 11.6. The molecule has 0 unspecified atom stereocenters. The van der Waals surface area contributed by atoms with Gasteiger partial charge in [-0.2, -0.15) is 5.10 Å². The van der Waals surface area contributed by atoms with E-state index in [1.807, 2.05) is 76.2 Å². The van der Waals surface area contributed by atoms with E-state index < -0.39 is 0 Å². The number of likely N-dealkylation sites (N-methyl/N-ethyl adjacent to an activating group) is 1. The predicted octanol–water partition coefficient (Wildman–Crippen LogP) is 5.59. The Hall–Kier alpha value is -3.61. The van der Waals surface area contributed by atoms with E-state index in [1.54, 1.807) is 4.68 Å². The number of para-hydroxylation sites is 1. The quantitative estimate of drug-likeness (QED) is 0.502. The highest BCUT2D eigenvalue weighted by molar-refractivity contribution is 5.96. The molecule has 0 saturated heterocycles. The van der Waals surface area contributed by atoms with Crippen LogP contribution in [0.5, 0.6) is 0 Å². The Morgan fingerprint density at radius 3 is 2.26 bits per heavy atom. The van der Waals surface area contributed by atoms with Gasteiger partial charge in [-0.3, -0.25) is 4.79 Å². The summed E-state index contributed by atoms with van der Waals surface area (Å²) in [7, 11) is 0. The molecule has 0 aliphatic carbocycles. The number of nitrogens with one attached hydrogen (secondary N) is 2. The van der Waals surface area contributed by atoms with Crippen molar-refractivity contribution in [3.63, 3.8) is 0 Å². The lowest BCUT2D eigenvalue weighted by Crippen LogP contribution is -2.40.